The summed E-state index contributed by atoms with van der Waals surface area (Å²) in [5.74, 6) is 1.62. The summed E-state index contributed by atoms with van der Waals surface area (Å²) in [5.41, 5.74) is 1.88. The summed E-state index contributed by atoms with van der Waals surface area (Å²) < 4.78 is 10.4. The maximum atomic E-state index is 12.3. The second-order valence-electron chi connectivity index (χ2n) is 5.66. The summed E-state index contributed by atoms with van der Waals surface area (Å²) in [7, 11) is 3.18. The van der Waals surface area contributed by atoms with E-state index in [1.54, 1.807) is 38.5 Å². The first-order valence-corrected chi connectivity index (χ1v) is 8.34. The molecule has 2 N–H and O–H groups in total. The molecular weight excluding hydrogens is 344 g/mol. The number of carbonyl (C=O) groups is 1. The van der Waals surface area contributed by atoms with Crippen molar-refractivity contribution in [2.75, 3.05) is 24.9 Å². The van der Waals surface area contributed by atoms with Crippen LogP contribution in [0.2, 0.25) is 0 Å². The van der Waals surface area contributed by atoms with Crippen LogP contribution in [0.25, 0.3) is 0 Å². The van der Waals surface area contributed by atoms with Gasteiger partial charge < -0.3 is 20.1 Å². The summed E-state index contributed by atoms with van der Waals surface area (Å²) in [5, 5.41) is 14.0. The molecule has 1 amide bonds. The molecule has 0 atom stereocenters. The molecule has 27 heavy (non-hydrogen) atoms. The number of nitrogens with zero attached hydrogens (tertiary/aromatic N) is 2. The molecule has 0 aliphatic rings. The van der Waals surface area contributed by atoms with Crippen LogP contribution < -0.4 is 20.1 Å². The van der Waals surface area contributed by atoms with Gasteiger partial charge >= 0.3 is 0 Å². The normalized spacial score (nSPS) is 10.1. The van der Waals surface area contributed by atoms with Gasteiger partial charge in [0, 0.05) is 6.54 Å². The van der Waals surface area contributed by atoms with Crippen molar-refractivity contribution in [2.45, 2.75) is 6.54 Å². The molecule has 1 heterocycles. The lowest BCUT2D eigenvalue weighted by atomic mass is 10.2. The zero-order valence-corrected chi connectivity index (χ0v) is 15.1. The summed E-state index contributed by atoms with van der Waals surface area (Å²) in [6.07, 6.45) is 0. The van der Waals surface area contributed by atoms with Gasteiger partial charge in [0.25, 0.3) is 5.91 Å². The van der Waals surface area contributed by atoms with Crippen LogP contribution in [0.3, 0.4) is 0 Å². The maximum absolute atomic E-state index is 12.3. The maximum Gasteiger partial charge on any atom is 0.276 e. The van der Waals surface area contributed by atoms with Crippen LogP contribution in [0.5, 0.6) is 11.5 Å². The number of aromatic nitrogens is 2. The average Bonchev–Trinajstić information content (AvgIpc) is 2.73. The first kappa shape index (κ1) is 18.2. The van der Waals surface area contributed by atoms with E-state index in [1.807, 2.05) is 36.4 Å². The Balaban J connectivity index is 1.59. The second kappa shape index (κ2) is 8.66. The fourth-order valence-electron chi connectivity index (χ4n) is 2.42. The summed E-state index contributed by atoms with van der Waals surface area (Å²) in [4.78, 5) is 12.3. The molecule has 0 saturated heterocycles. The van der Waals surface area contributed by atoms with Gasteiger partial charge in [-0.05, 0) is 42.0 Å². The van der Waals surface area contributed by atoms with Crippen LogP contribution in [0.15, 0.2) is 60.7 Å². The molecule has 0 aliphatic carbocycles. The molecule has 138 valence electrons. The molecule has 0 radical (unpaired) electrons. The molecule has 0 spiro atoms. The lowest BCUT2D eigenvalue weighted by molar-refractivity contribution is 0.102. The van der Waals surface area contributed by atoms with Crippen LogP contribution in [-0.4, -0.2) is 30.3 Å². The average molecular weight is 364 g/mol. The van der Waals surface area contributed by atoms with E-state index in [4.69, 9.17) is 9.47 Å². The number of anilines is 2. The minimum absolute atomic E-state index is 0.218. The lowest BCUT2D eigenvalue weighted by Crippen LogP contribution is -2.15. The van der Waals surface area contributed by atoms with Gasteiger partial charge in [-0.1, -0.05) is 24.3 Å². The molecule has 7 heteroatoms. The molecular formula is C20H20N4O3. The smallest absolute Gasteiger partial charge is 0.276 e. The Hall–Kier alpha value is -3.61. The lowest BCUT2D eigenvalue weighted by Gasteiger charge is -2.09. The zero-order chi connectivity index (χ0) is 19.1. The number of ether oxygens (including phenoxy) is 2. The van der Waals surface area contributed by atoms with E-state index in [1.165, 1.54) is 0 Å². The Labute approximate surface area is 157 Å². The van der Waals surface area contributed by atoms with E-state index >= 15 is 0 Å². The first-order chi connectivity index (χ1) is 13.2. The molecule has 0 saturated carbocycles. The van der Waals surface area contributed by atoms with Gasteiger partial charge in [0.2, 0.25) is 0 Å². The van der Waals surface area contributed by atoms with Crippen LogP contribution >= 0.6 is 0 Å². The van der Waals surface area contributed by atoms with Crippen LogP contribution in [0.1, 0.15) is 16.1 Å². The van der Waals surface area contributed by atoms with Crippen molar-refractivity contribution in [1.29, 1.82) is 0 Å². The summed E-state index contributed by atoms with van der Waals surface area (Å²) in [6, 6.07) is 18.2. The highest BCUT2D eigenvalue weighted by Gasteiger charge is 2.11. The van der Waals surface area contributed by atoms with Crippen LogP contribution in [0, 0.1) is 0 Å². The highest BCUT2D eigenvalue weighted by molar-refractivity contribution is 6.03. The number of methoxy groups -OCH3 is 2. The fraction of sp³-hybridized carbons (Fsp3) is 0.150. The highest BCUT2D eigenvalue weighted by atomic mass is 16.5. The Morgan fingerprint density at radius 3 is 2.37 bits per heavy atom. The number of amides is 1. The van der Waals surface area contributed by atoms with E-state index < -0.39 is 0 Å². The third-order valence-electron chi connectivity index (χ3n) is 3.89. The second-order valence-corrected chi connectivity index (χ2v) is 5.66. The number of hydrogen-bond donors (Lipinski definition) is 2. The van der Waals surface area contributed by atoms with Gasteiger partial charge in [-0.3, -0.25) is 4.79 Å². The SMILES string of the molecule is COc1ccc(CNc2ccc(C(=O)Nc3ccccc3OC)nn2)cc1. The molecule has 3 rings (SSSR count). The molecule has 0 bridgehead atoms. The van der Waals surface area contributed by atoms with Crippen molar-refractivity contribution in [2.24, 2.45) is 0 Å². The number of nitrogens with one attached hydrogen (secondary N) is 2. The third kappa shape index (κ3) is 4.72. The Bertz CT molecular complexity index is 896. The Morgan fingerprint density at radius 2 is 1.70 bits per heavy atom. The number of benzene rings is 2. The van der Waals surface area contributed by atoms with E-state index in [0.29, 0.717) is 23.8 Å². The summed E-state index contributed by atoms with van der Waals surface area (Å²) in [6.45, 7) is 0.589. The van der Waals surface area contributed by atoms with Crippen LogP contribution in [-0.2, 0) is 6.54 Å². The fourth-order valence-corrected chi connectivity index (χ4v) is 2.42. The molecule has 1 aromatic heterocycles. The van der Waals surface area contributed by atoms with Crippen molar-refractivity contribution in [3.8, 4) is 11.5 Å². The monoisotopic (exact) mass is 364 g/mol. The quantitative estimate of drug-likeness (QED) is 0.669. The molecule has 7 nitrogen and oxygen atoms in total. The van der Waals surface area contributed by atoms with Gasteiger partial charge in [0.15, 0.2) is 5.69 Å². The third-order valence-corrected chi connectivity index (χ3v) is 3.89. The predicted octanol–water partition coefficient (Wildman–Crippen LogP) is 3.36. The summed E-state index contributed by atoms with van der Waals surface area (Å²) >= 11 is 0. The van der Waals surface area contributed by atoms with Gasteiger partial charge in [-0.15, -0.1) is 10.2 Å². The largest absolute Gasteiger partial charge is 0.497 e. The Kier molecular flexibility index (Phi) is 5.84. The van der Waals surface area contributed by atoms with E-state index in [2.05, 4.69) is 20.8 Å². The van der Waals surface area contributed by atoms with Crippen molar-refractivity contribution in [1.82, 2.24) is 10.2 Å². The van der Waals surface area contributed by atoms with Gasteiger partial charge in [0.1, 0.15) is 17.3 Å². The minimum atomic E-state index is -0.353. The number of hydrogen-bond acceptors (Lipinski definition) is 6. The van der Waals surface area contributed by atoms with E-state index in [0.717, 1.165) is 11.3 Å². The molecule has 0 fully saturated rings. The van der Waals surface area contributed by atoms with Crippen molar-refractivity contribution in [3.05, 3.63) is 71.9 Å². The zero-order valence-electron chi connectivity index (χ0n) is 15.1. The van der Waals surface area contributed by atoms with Crippen molar-refractivity contribution < 1.29 is 14.3 Å². The molecule has 2 aromatic carbocycles. The minimum Gasteiger partial charge on any atom is -0.497 e. The molecule has 0 aliphatic heterocycles. The topological polar surface area (TPSA) is 85.4 Å². The van der Waals surface area contributed by atoms with Gasteiger partial charge in [-0.2, -0.15) is 0 Å². The first-order valence-electron chi connectivity index (χ1n) is 8.34. The van der Waals surface area contributed by atoms with E-state index in [-0.39, 0.29) is 11.6 Å². The van der Waals surface area contributed by atoms with Gasteiger partial charge in [-0.25, -0.2) is 0 Å². The predicted molar refractivity (Wildman–Crippen MR) is 103 cm³/mol. The Morgan fingerprint density at radius 1 is 0.926 bits per heavy atom. The van der Waals surface area contributed by atoms with Gasteiger partial charge in [0.05, 0.1) is 19.9 Å². The van der Waals surface area contributed by atoms with Crippen molar-refractivity contribution >= 4 is 17.4 Å². The van der Waals surface area contributed by atoms with Crippen molar-refractivity contribution in [3.63, 3.8) is 0 Å². The molecule has 3 aromatic rings. The van der Waals surface area contributed by atoms with E-state index in [9.17, 15) is 4.79 Å². The van der Waals surface area contributed by atoms with Crippen LogP contribution in [0.4, 0.5) is 11.5 Å². The standard InChI is InChI=1S/C20H20N4O3/c1-26-15-9-7-14(8-10-15)13-21-19-12-11-17(23-24-19)20(25)22-16-5-3-4-6-18(16)27-2/h3-12H,13H2,1-2H3,(H,21,24)(H,22,25). The number of para-hydroxylation sites is 2. The highest BCUT2D eigenvalue weighted by Crippen LogP contribution is 2.23. The number of rotatable bonds is 7. The molecule has 0 unspecified atom stereocenters. The number of carbonyl (C=O) groups excluding carboxylic acids is 1.